The van der Waals surface area contributed by atoms with Crippen LogP contribution in [0.25, 0.3) is 0 Å². The zero-order valence-electron chi connectivity index (χ0n) is 11.5. The summed E-state index contributed by atoms with van der Waals surface area (Å²) in [6, 6.07) is 9.34. The molecule has 4 heteroatoms. The summed E-state index contributed by atoms with van der Waals surface area (Å²) in [6.45, 7) is 4.75. The lowest BCUT2D eigenvalue weighted by atomic mass is 10.2. The number of amides is 1. The summed E-state index contributed by atoms with van der Waals surface area (Å²) in [4.78, 5) is 19.7. The number of thiazole rings is 1. The van der Waals surface area contributed by atoms with E-state index in [1.807, 2.05) is 37.4 Å². The molecule has 0 saturated carbocycles. The summed E-state index contributed by atoms with van der Waals surface area (Å²) < 4.78 is 0. The standard InChI is InChI=1S/C15H18N2OS/c1-4-13-11(2)19-14(16-13)10-17(3)15(18)12-8-6-5-7-9-12/h5-9H,4,10H2,1-3H3. The Morgan fingerprint density at radius 2 is 2.00 bits per heavy atom. The molecule has 0 aliphatic heterocycles. The van der Waals surface area contributed by atoms with Crippen molar-refractivity contribution in [3.8, 4) is 0 Å². The van der Waals surface area contributed by atoms with Gasteiger partial charge in [-0.2, -0.15) is 0 Å². The minimum Gasteiger partial charge on any atom is -0.335 e. The summed E-state index contributed by atoms with van der Waals surface area (Å²) in [7, 11) is 1.82. The molecule has 1 amide bonds. The number of rotatable bonds is 4. The summed E-state index contributed by atoms with van der Waals surface area (Å²) in [5.41, 5.74) is 1.86. The van der Waals surface area contributed by atoms with E-state index in [2.05, 4.69) is 18.8 Å². The molecule has 1 aromatic heterocycles. The van der Waals surface area contributed by atoms with Gasteiger partial charge in [0.05, 0.1) is 12.2 Å². The second-order valence-corrected chi connectivity index (χ2v) is 5.78. The third kappa shape index (κ3) is 3.20. The molecule has 0 unspecified atom stereocenters. The van der Waals surface area contributed by atoms with E-state index >= 15 is 0 Å². The van der Waals surface area contributed by atoms with Crippen molar-refractivity contribution in [2.24, 2.45) is 0 Å². The van der Waals surface area contributed by atoms with E-state index in [0.717, 1.165) is 17.1 Å². The Balaban J connectivity index is 2.08. The number of nitrogens with zero attached hydrogens (tertiary/aromatic N) is 2. The largest absolute Gasteiger partial charge is 0.335 e. The van der Waals surface area contributed by atoms with E-state index < -0.39 is 0 Å². The Labute approximate surface area is 117 Å². The van der Waals surface area contributed by atoms with Crippen molar-refractivity contribution < 1.29 is 4.79 Å². The van der Waals surface area contributed by atoms with E-state index in [4.69, 9.17) is 0 Å². The van der Waals surface area contributed by atoms with Crippen molar-refractivity contribution >= 4 is 17.2 Å². The maximum Gasteiger partial charge on any atom is 0.253 e. The van der Waals surface area contributed by atoms with Crippen molar-refractivity contribution in [1.29, 1.82) is 0 Å². The predicted octanol–water partition coefficient (Wildman–Crippen LogP) is 3.29. The molecular weight excluding hydrogens is 256 g/mol. The van der Waals surface area contributed by atoms with Crippen LogP contribution in [0.15, 0.2) is 30.3 Å². The zero-order chi connectivity index (χ0) is 13.8. The van der Waals surface area contributed by atoms with Gasteiger partial charge in [-0.1, -0.05) is 25.1 Å². The van der Waals surface area contributed by atoms with Crippen molar-refractivity contribution in [1.82, 2.24) is 9.88 Å². The number of hydrogen-bond acceptors (Lipinski definition) is 3. The van der Waals surface area contributed by atoms with Gasteiger partial charge in [0.25, 0.3) is 5.91 Å². The highest BCUT2D eigenvalue weighted by Crippen LogP contribution is 2.19. The van der Waals surface area contributed by atoms with Crippen molar-refractivity contribution in [3.05, 3.63) is 51.5 Å². The highest BCUT2D eigenvalue weighted by molar-refractivity contribution is 7.11. The molecule has 19 heavy (non-hydrogen) atoms. The van der Waals surface area contributed by atoms with E-state index in [-0.39, 0.29) is 5.91 Å². The van der Waals surface area contributed by atoms with Crippen LogP contribution in [0.2, 0.25) is 0 Å². The lowest BCUT2D eigenvalue weighted by Crippen LogP contribution is -2.26. The van der Waals surface area contributed by atoms with Gasteiger partial charge in [-0.3, -0.25) is 4.79 Å². The van der Waals surface area contributed by atoms with Crippen LogP contribution in [0.1, 0.15) is 32.9 Å². The van der Waals surface area contributed by atoms with Gasteiger partial charge < -0.3 is 4.90 Å². The summed E-state index contributed by atoms with van der Waals surface area (Å²) in [6.07, 6.45) is 0.943. The Hall–Kier alpha value is -1.68. The fourth-order valence-corrected chi connectivity index (χ4v) is 3.03. The van der Waals surface area contributed by atoms with Crippen LogP contribution in [0.4, 0.5) is 0 Å². The second-order valence-electron chi connectivity index (χ2n) is 4.49. The first kappa shape index (κ1) is 13.7. The van der Waals surface area contributed by atoms with E-state index in [9.17, 15) is 4.79 Å². The molecule has 0 aliphatic rings. The molecular formula is C15H18N2OS. The smallest absolute Gasteiger partial charge is 0.253 e. The number of aryl methyl sites for hydroxylation is 2. The predicted molar refractivity (Wildman–Crippen MR) is 78.5 cm³/mol. The fraction of sp³-hybridized carbons (Fsp3) is 0.333. The molecule has 100 valence electrons. The molecule has 1 heterocycles. The van der Waals surface area contributed by atoms with Crippen molar-refractivity contribution in [2.75, 3.05) is 7.05 Å². The first-order valence-corrected chi connectivity index (χ1v) is 7.19. The van der Waals surface area contributed by atoms with E-state index in [1.54, 1.807) is 16.2 Å². The Kier molecular flexibility index (Phi) is 4.32. The van der Waals surface area contributed by atoms with Crippen LogP contribution in [-0.4, -0.2) is 22.8 Å². The highest BCUT2D eigenvalue weighted by Gasteiger charge is 2.14. The van der Waals surface area contributed by atoms with Gasteiger partial charge >= 0.3 is 0 Å². The molecule has 0 aliphatic carbocycles. The SMILES string of the molecule is CCc1nc(CN(C)C(=O)c2ccccc2)sc1C. The normalized spacial score (nSPS) is 10.5. The van der Waals surface area contributed by atoms with Crippen LogP contribution in [0.5, 0.6) is 0 Å². The van der Waals surface area contributed by atoms with Gasteiger partial charge in [0.1, 0.15) is 5.01 Å². The van der Waals surface area contributed by atoms with Gasteiger partial charge in [0.15, 0.2) is 0 Å². The average Bonchev–Trinajstić information content (AvgIpc) is 2.78. The van der Waals surface area contributed by atoms with Gasteiger partial charge in [0.2, 0.25) is 0 Å². The van der Waals surface area contributed by atoms with Gasteiger partial charge in [0, 0.05) is 17.5 Å². The average molecular weight is 274 g/mol. The highest BCUT2D eigenvalue weighted by atomic mass is 32.1. The Morgan fingerprint density at radius 3 is 2.58 bits per heavy atom. The van der Waals surface area contributed by atoms with Crippen molar-refractivity contribution in [3.63, 3.8) is 0 Å². The van der Waals surface area contributed by atoms with Gasteiger partial charge in [-0.25, -0.2) is 4.98 Å². The topological polar surface area (TPSA) is 33.2 Å². The van der Waals surface area contributed by atoms with Gasteiger partial charge in [-0.15, -0.1) is 11.3 Å². The second kappa shape index (κ2) is 5.97. The minimum atomic E-state index is 0.0338. The van der Waals surface area contributed by atoms with Crippen LogP contribution < -0.4 is 0 Å². The first-order valence-electron chi connectivity index (χ1n) is 6.37. The fourth-order valence-electron chi connectivity index (χ4n) is 1.96. The number of benzene rings is 1. The quantitative estimate of drug-likeness (QED) is 0.857. The van der Waals surface area contributed by atoms with Crippen LogP contribution in [0.3, 0.4) is 0 Å². The minimum absolute atomic E-state index is 0.0338. The van der Waals surface area contributed by atoms with Gasteiger partial charge in [-0.05, 0) is 25.5 Å². The van der Waals surface area contributed by atoms with Crippen molar-refractivity contribution in [2.45, 2.75) is 26.8 Å². The molecule has 3 nitrogen and oxygen atoms in total. The Morgan fingerprint density at radius 1 is 1.32 bits per heavy atom. The molecule has 0 bridgehead atoms. The zero-order valence-corrected chi connectivity index (χ0v) is 12.3. The molecule has 0 fully saturated rings. The third-order valence-corrected chi connectivity index (χ3v) is 4.01. The number of aromatic nitrogens is 1. The van der Waals surface area contributed by atoms with Crippen LogP contribution in [-0.2, 0) is 13.0 Å². The molecule has 0 spiro atoms. The summed E-state index contributed by atoms with van der Waals surface area (Å²) in [5, 5.41) is 1.00. The maximum atomic E-state index is 12.2. The van der Waals surface area contributed by atoms with E-state index in [1.165, 1.54) is 4.88 Å². The summed E-state index contributed by atoms with van der Waals surface area (Å²) >= 11 is 1.67. The molecule has 0 N–H and O–H groups in total. The molecule has 0 atom stereocenters. The lowest BCUT2D eigenvalue weighted by Gasteiger charge is -2.15. The first-order chi connectivity index (χ1) is 9.11. The number of hydrogen-bond donors (Lipinski definition) is 0. The molecule has 1 aromatic carbocycles. The third-order valence-electron chi connectivity index (χ3n) is 3.01. The summed E-state index contributed by atoms with van der Waals surface area (Å²) in [5.74, 6) is 0.0338. The molecule has 2 aromatic rings. The molecule has 0 saturated heterocycles. The monoisotopic (exact) mass is 274 g/mol. The van der Waals surface area contributed by atoms with Crippen LogP contribution in [0, 0.1) is 6.92 Å². The lowest BCUT2D eigenvalue weighted by molar-refractivity contribution is 0.0785. The number of carbonyl (C=O) groups is 1. The van der Waals surface area contributed by atoms with Crippen LogP contribution >= 0.6 is 11.3 Å². The molecule has 2 rings (SSSR count). The molecule has 0 radical (unpaired) electrons. The number of carbonyl (C=O) groups excluding carboxylic acids is 1. The Bertz CT molecular complexity index is 563. The van der Waals surface area contributed by atoms with E-state index in [0.29, 0.717) is 12.1 Å². The maximum absolute atomic E-state index is 12.2.